The highest BCUT2D eigenvalue weighted by atomic mass is 35.5. The predicted molar refractivity (Wildman–Crippen MR) is 261 cm³/mol. The Labute approximate surface area is 399 Å². The fourth-order valence-corrected chi connectivity index (χ4v) is 10.8. The van der Waals surface area contributed by atoms with Gasteiger partial charge in [-0.05, 0) is 125 Å². The van der Waals surface area contributed by atoms with Crippen LogP contribution in [0.4, 0.5) is 0 Å². The summed E-state index contributed by atoms with van der Waals surface area (Å²) in [4.78, 5) is 0. The molecule has 0 aliphatic heterocycles. The highest BCUT2D eigenvalue weighted by Crippen LogP contribution is 2.53. The molecule has 0 heterocycles. The second kappa shape index (κ2) is 23.8. The van der Waals surface area contributed by atoms with Crippen LogP contribution >= 0.6 is 46.4 Å². The van der Waals surface area contributed by atoms with E-state index in [1.165, 1.54) is 24.3 Å². The quantitative estimate of drug-likeness (QED) is 0.0406. The van der Waals surface area contributed by atoms with Gasteiger partial charge in [0.1, 0.15) is 46.0 Å². The summed E-state index contributed by atoms with van der Waals surface area (Å²) in [5, 5.41) is 95.1. The molecule has 0 radical (unpaired) electrons. The van der Waals surface area contributed by atoms with Gasteiger partial charge in [-0.3, -0.25) is 0 Å². The van der Waals surface area contributed by atoms with Crippen molar-refractivity contribution in [2.45, 2.75) is 128 Å². The van der Waals surface area contributed by atoms with Crippen molar-refractivity contribution in [3.63, 3.8) is 0 Å². The Morgan fingerprint density at radius 3 is 0.609 bits per heavy atom. The summed E-state index contributed by atoms with van der Waals surface area (Å²) in [7, 11) is 0. The van der Waals surface area contributed by atoms with Crippen LogP contribution in [-0.2, 0) is 0 Å². The lowest BCUT2D eigenvalue weighted by Gasteiger charge is -2.31. The van der Waals surface area contributed by atoms with Gasteiger partial charge in [0.25, 0.3) is 0 Å². The van der Waals surface area contributed by atoms with E-state index in [0.29, 0.717) is 93.7 Å². The van der Waals surface area contributed by atoms with Crippen LogP contribution in [-0.4, -0.2) is 64.4 Å². The van der Waals surface area contributed by atoms with Crippen LogP contribution in [0.2, 0.25) is 0 Å². The van der Waals surface area contributed by atoms with Crippen molar-refractivity contribution in [3.05, 3.63) is 93.0 Å². The molecular weight excluding hydrogens is 894 g/mol. The predicted octanol–water partition coefficient (Wildman–Crippen LogP) is 14.4. The molecule has 1 aliphatic rings. The van der Waals surface area contributed by atoms with Crippen molar-refractivity contribution in [1.82, 2.24) is 0 Å². The molecule has 64 heavy (non-hydrogen) atoms. The fourth-order valence-electron chi connectivity index (χ4n) is 10.1. The first-order valence-electron chi connectivity index (χ1n) is 23.0. The Morgan fingerprint density at radius 2 is 0.469 bits per heavy atom. The van der Waals surface area contributed by atoms with E-state index in [9.17, 15) is 40.9 Å². The largest absolute Gasteiger partial charge is 0.508 e. The summed E-state index contributed by atoms with van der Waals surface area (Å²) >= 11 is 24.6. The maximum atomic E-state index is 11.9. The minimum absolute atomic E-state index is 0.0524. The zero-order valence-electron chi connectivity index (χ0n) is 37.6. The summed E-state index contributed by atoms with van der Waals surface area (Å²) < 4.78 is 0. The van der Waals surface area contributed by atoms with E-state index in [-0.39, 0.29) is 69.7 Å². The molecule has 0 fully saturated rings. The van der Waals surface area contributed by atoms with Crippen molar-refractivity contribution < 1.29 is 40.9 Å². The Morgan fingerprint density at radius 1 is 0.312 bits per heavy atom. The Balaban J connectivity index is 1.96. The molecule has 1 aliphatic carbocycles. The van der Waals surface area contributed by atoms with E-state index in [0.717, 1.165) is 51.4 Å². The molecule has 0 saturated heterocycles. The lowest BCUT2D eigenvalue weighted by Crippen LogP contribution is -2.15. The third-order valence-corrected chi connectivity index (χ3v) is 14.7. The normalized spacial score (nSPS) is 19.2. The van der Waals surface area contributed by atoms with E-state index in [4.69, 9.17) is 46.4 Å². The topological polar surface area (TPSA) is 162 Å². The molecule has 8 N–H and O–H groups in total. The van der Waals surface area contributed by atoms with E-state index < -0.39 is 23.7 Å². The number of phenolic OH excluding ortho intramolecular Hbond substituents is 8. The maximum absolute atomic E-state index is 11.9. The van der Waals surface area contributed by atoms with Crippen molar-refractivity contribution in [2.24, 2.45) is 23.7 Å². The van der Waals surface area contributed by atoms with Crippen molar-refractivity contribution in [1.29, 1.82) is 0 Å². The van der Waals surface area contributed by atoms with Crippen LogP contribution in [0.25, 0.3) is 0 Å². The first-order chi connectivity index (χ1) is 30.5. The lowest BCUT2D eigenvalue weighted by atomic mass is 9.74. The molecule has 8 bridgehead atoms. The zero-order chi connectivity index (χ0) is 46.8. The van der Waals surface area contributed by atoms with E-state index in [1.807, 2.05) is 0 Å². The van der Waals surface area contributed by atoms with Gasteiger partial charge in [0.15, 0.2) is 0 Å². The zero-order valence-corrected chi connectivity index (χ0v) is 40.7. The fraction of sp³-hybridized carbons (Fsp3) is 0.538. The monoisotopic (exact) mass is 960 g/mol. The first kappa shape index (κ1) is 51.4. The van der Waals surface area contributed by atoms with Gasteiger partial charge in [0.05, 0.1) is 0 Å². The summed E-state index contributed by atoms with van der Waals surface area (Å²) in [6.45, 7) is 8.35. The summed E-state index contributed by atoms with van der Waals surface area (Å²) in [5.41, 5.74) is 3.51. The molecule has 0 aromatic heterocycles. The van der Waals surface area contributed by atoms with Crippen LogP contribution < -0.4 is 0 Å². The molecule has 352 valence electrons. The van der Waals surface area contributed by atoms with E-state index >= 15 is 0 Å². The smallest absolute Gasteiger partial charge is 0.123 e. The van der Waals surface area contributed by atoms with Crippen molar-refractivity contribution >= 4 is 46.4 Å². The van der Waals surface area contributed by atoms with E-state index in [1.54, 1.807) is 24.3 Å². The van der Waals surface area contributed by atoms with Crippen LogP contribution in [0.3, 0.4) is 0 Å². The minimum Gasteiger partial charge on any atom is -0.508 e. The molecule has 4 aromatic carbocycles. The van der Waals surface area contributed by atoms with Crippen LogP contribution in [0.15, 0.2) is 48.5 Å². The second-order valence-corrected chi connectivity index (χ2v) is 20.3. The number of fused-ring (bicyclic) bond motifs is 8. The number of hydrogen-bond acceptors (Lipinski definition) is 8. The average Bonchev–Trinajstić information content (AvgIpc) is 3.24. The molecule has 0 unspecified atom stereocenters. The third-order valence-electron chi connectivity index (χ3n) is 13.6. The van der Waals surface area contributed by atoms with Gasteiger partial charge in [-0.1, -0.05) is 27.7 Å². The molecule has 8 nitrogen and oxygen atoms in total. The average molecular weight is 963 g/mol. The third kappa shape index (κ3) is 12.5. The number of benzene rings is 4. The Bertz CT molecular complexity index is 1760. The van der Waals surface area contributed by atoms with Gasteiger partial charge < -0.3 is 40.9 Å². The highest BCUT2D eigenvalue weighted by molar-refractivity contribution is 6.18. The van der Waals surface area contributed by atoms with Crippen molar-refractivity contribution in [2.75, 3.05) is 23.5 Å². The number of hydrogen-bond donors (Lipinski definition) is 8. The van der Waals surface area contributed by atoms with Gasteiger partial charge in [-0.2, -0.15) is 0 Å². The van der Waals surface area contributed by atoms with Gasteiger partial charge >= 0.3 is 0 Å². The first-order valence-corrected chi connectivity index (χ1v) is 25.1. The summed E-state index contributed by atoms with van der Waals surface area (Å²) in [6, 6.07) is 12.4. The molecule has 5 rings (SSSR count). The van der Waals surface area contributed by atoms with E-state index in [2.05, 4.69) is 27.7 Å². The van der Waals surface area contributed by atoms with Crippen LogP contribution in [0, 0.1) is 23.7 Å². The minimum atomic E-state index is -0.660. The molecule has 0 saturated carbocycles. The van der Waals surface area contributed by atoms with Gasteiger partial charge in [-0.15, -0.1) is 46.4 Å². The second-order valence-electron chi connectivity index (χ2n) is 18.8. The molecule has 12 heteroatoms. The molecule has 4 aromatic rings. The number of alkyl halides is 4. The number of aromatic hydroxyl groups is 8. The molecule has 4 atom stereocenters. The molecule has 0 spiro atoms. The number of phenols is 8. The highest BCUT2D eigenvalue weighted by Gasteiger charge is 2.35. The maximum Gasteiger partial charge on any atom is 0.123 e. The van der Waals surface area contributed by atoms with Crippen molar-refractivity contribution in [3.8, 4) is 46.0 Å². The molecular formula is C52H68Cl4O8. The van der Waals surface area contributed by atoms with Crippen LogP contribution in [0.5, 0.6) is 46.0 Å². The lowest BCUT2D eigenvalue weighted by molar-refractivity contribution is 0.397. The van der Waals surface area contributed by atoms with Crippen LogP contribution in [0.1, 0.15) is 173 Å². The number of rotatable bonds is 20. The standard InChI is InChI=1S/C52H68Cl4O8/c1-29(9-5-13-53)17-33-37-21-39(47(59)25-45(37)57)34(18-30(2)10-6-14-54)41-23-43(51(63)27-49(41)61)36(20-32(4)12-8-16-56)44-24-42(50(62)28-52(44)64)35(19-31(3)11-7-15-55)40-22-38(33)46(58)26-48(40)60/h21-36,57-64H,5-20H2,1-4H3/t29-,30-,31-,32-,33?,34?,35?,36?/m0/s1. The summed E-state index contributed by atoms with van der Waals surface area (Å²) in [5.74, 6) is -2.05. The van der Waals surface area contributed by atoms with Gasteiger partial charge in [-0.25, -0.2) is 0 Å². The SMILES string of the molecule is C[C@@H](CCCCl)CC1c2cc(c(O)cc2O)C(C[C@@H](C)CCCCl)c2cc(c(O)cc2O)C(C[C@@H](C)CCCCl)c2cc(c(O)cc2O)C(C[C@@H](C)CCCCl)c2cc1c(O)cc2O. The number of halogens is 4. The summed E-state index contributed by atoms with van der Waals surface area (Å²) in [6.07, 6.45) is 7.84. The Hall–Kier alpha value is -3.56. The van der Waals surface area contributed by atoms with Gasteiger partial charge in [0.2, 0.25) is 0 Å². The Kier molecular flexibility index (Phi) is 19.1. The molecule has 0 amide bonds. The van der Waals surface area contributed by atoms with Gasteiger partial charge in [0, 0.05) is 116 Å².